The summed E-state index contributed by atoms with van der Waals surface area (Å²) in [5, 5.41) is 0. The van der Waals surface area contributed by atoms with Crippen molar-refractivity contribution in [2.24, 2.45) is 11.8 Å². The van der Waals surface area contributed by atoms with Gasteiger partial charge < -0.3 is 9.64 Å². The average molecular weight is 185 g/mol. The number of hydrogen-bond acceptors (Lipinski definition) is 2. The molecule has 0 N–H and O–H groups in total. The maximum Gasteiger partial charge on any atom is 0.0589 e. The largest absolute Gasteiger partial charge is 0.383 e. The highest BCUT2D eigenvalue weighted by atomic mass is 16.5. The lowest BCUT2D eigenvalue weighted by Gasteiger charge is -2.33. The van der Waals surface area contributed by atoms with Crippen molar-refractivity contribution < 1.29 is 4.74 Å². The van der Waals surface area contributed by atoms with Crippen molar-refractivity contribution in [1.29, 1.82) is 0 Å². The summed E-state index contributed by atoms with van der Waals surface area (Å²) in [7, 11) is 1.78. The first-order chi connectivity index (χ1) is 6.24. The van der Waals surface area contributed by atoms with Gasteiger partial charge in [0.05, 0.1) is 6.61 Å². The second kappa shape index (κ2) is 5.61. The monoisotopic (exact) mass is 185 g/mol. The predicted octanol–water partition coefficient (Wildman–Crippen LogP) is 2.00. The van der Waals surface area contributed by atoms with Crippen molar-refractivity contribution in [3.05, 3.63) is 0 Å². The summed E-state index contributed by atoms with van der Waals surface area (Å²) in [6, 6.07) is 0. The topological polar surface area (TPSA) is 12.5 Å². The molecular formula is C11H23NO. The molecule has 1 aliphatic heterocycles. The van der Waals surface area contributed by atoms with Gasteiger partial charge in [-0.15, -0.1) is 0 Å². The molecule has 0 aromatic carbocycles. The van der Waals surface area contributed by atoms with Gasteiger partial charge in [-0.05, 0) is 37.8 Å². The highest BCUT2D eigenvalue weighted by Crippen LogP contribution is 2.23. The molecule has 0 aromatic rings. The maximum absolute atomic E-state index is 5.08. The van der Waals surface area contributed by atoms with Crippen LogP contribution in [-0.2, 0) is 4.74 Å². The Morgan fingerprint density at radius 3 is 2.38 bits per heavy atom. The summed E-state index contributed by atoms with van der Waals surface area (Å²) < 4.78 is 5.08. The fourth-order valence-corrected chi connectivity index (χ4v) is 2.06. The predicted molar refractivity (Wildman–Crippen MR) is 55.9 cm³/mol. The molecule has 0 aromatic heterocycles. The van der Waals surface area contributed by atoms with Crippen LogP contribution in [0.15, 0.2) is 0 Å². The molecule has 0 amide bonds. The van der Waals surface area contributed by atoms with E-state index in [0.29, 0.717) is 0 Å². The zero-order valence-corrected chi connectivity index (χ0v) is 9.25. The summed E-state index contributed by atoms with van der Waals surface area (Å²) in [4.78, 5) is 2.52. The quantitative estimate of drug-likeness (QED) is 0.664. The lowest BCUT2D eigenvalue weighted by molar-refractivity contribution is 0.110. The van der Waals surface area contributed by atoms with Gasteiger partial charge in [-0.2, -0.15) is 0 Å². The SMILES string of the molecule is COCCN1CCC(C(C)C)CC1. The van der Waals surface area contributed by atoms with Gasteiger partial charge in [0.25, 0.3) is 0 Å². The Balaban J connectivity index is 2.15. The van der Waals surface area contributed by atoms with Crippen LogP contribution in [0.4, 0.5) is 0 Å². The minimum absolute atomic E-state index is 0.865. The van der Waals surface area contributed by atoms with Gasteiger partial charge in [0.15, 0.2) is 0 Å². The molecule has 1 heterocycles. The number of methoxy groups -OCH3 is 1. The highest BCUT2D eigenvalue weighted by molar-refractivity contribution is 4.73. The Labute approximate surface area is 82.3 Å². The fourth-order valence-electron chi connectivity index (χ4n) is 2.06. The Bertz CT molecular complexity index is 128. The fraction of sp³-hybridized carbons (Fsp3) is 1.00. The molecule has 2 heteroatoms. The third-order valence-corrected chi connectivity index (χ3v) is 3.19. The van der Waals surface area contributed by atoms with Gasteiger partial charge >= 0.3 is 0 Å². The Kier molecular flexibility index (Phi) is 4.74. The summed E-state index contributed by atoms with van der Waals surface area (Å²) in [5.74, 6) is 1.82. The Morgan fingerprint density at radius 2 is 1.92 bits per heavy atom. The van der Waals surface area contributed by atoms with E-state index in [2.05, 4.69) is 18.7 Å². The van der Waals surface area contributed by atoms with Crippen LogP contribution in [0, 0.1) is 11.8 Å². The number of likely N-dealkylation sites (tertiary alicyclic amines) is 1. The first-order valence-electron chi connectivity index (χ1n) is 5.45. The molecular weight excluding hydrogens is 162 g/mol. The van der Waals surface area contributed by atoms with Gasteiger partial charge in [-0.25, -0.2) is 0 Å². The van der Waals surface area contributed by atoms with Gasteiger partial charge in [-0.3, -0.25) is 0 Å². The van der Waals surface area contributed by atoms with E-state index in [4.69, 9.17) is 4.74 Å². The number of hydrogen-bond donors (Lipinski definition) is 0. The minimum atomic E-state index is 0.865. The van der Waals surface area contributed by atoms with E-state index in [-0.39, 0.29) is 0 Å². The van der Waals surface area contributed by atoms with E-state index in [9.17, 15) is 0 Å². The van der Waals surface area contributed by atoms with Crippen LogP contribution >= 0.6 is 0 Å². The van der Waals surface area contributed by atoms with Crippen LogP contribution < -0.4 is 0 Å². The molecule has 0 atom stereocenters. The first kappa shape index (κ1) is 11.0. The van der Waals surface area contributed by atoms with Crippen molar-refractivity contribution in [3.63, 3.8) is 0 Å². The van der Waals surface area contributed by atoms with E-state index >= 15 is 0 Å². The Morgan fingerprint density at radius 1 is 1.31 bits per heavy atom. The highest BCUT2D eigenvalue weighted by Gasteiger charge is 2.20. The molecule has 1 saturated heterocycles. The lowest BCUT2D eigenvalue weighted by atomic mass is 9.87. The molecule has 1 fully saturated rings. The zero-order valence-electron chi connectivity index (χ0n) is 9.25. The first-order valence-corrected chi connectivity index (χ1v) is 5.45. The van der Waals surface area contributed by atoms with Crippen LogP contribution in [0.1, 0.15) is 26.7 Å². The summed E-state index contributed by atoms with van der Waals surface area (Å²) in [5.41, 5.74) is 0. The van der Waals surface area contributed by atoms with Crippen molar-refractivity contribution in [2.45, 2.75) is 26.7 Å². The second-order valence-electron chi connectivity index (χ2n) is 4.42. The molecule has 0 aliphatic carbocycles. The molecule has 0 spiro atoms. The van der Waals surface area contributed by atoms with E-state index in [1.54, 1.807) is 7.11 Å². The van der Waals surface area contributed by atoms with Crippen molar-refractivity contribution in [3.8, 4) is 0 Å². The molecule has 78 valence electrons. The number of nitrogens with zero attached hydrogens (tertiary/aromatic N) is 1. The van der Waals surface area contributed by atoms with Crippen LogP contribution in [-0.4, -0.2) is 38.3 Å². The van der Waals surface area contributed by atoms with Crippen LogP contribution in [0.5, 0.6) is 0 Å². The molecule has 0 unspecified atom stereocenters. The third-order valence-electron chi connectivity index (χ3n) is 3.19. The van der Waals surface area contributed by atoms with E-state index in [1.807, 2.05) is 0 Å². The van der Waals surface area contributed by atoms with Gasteiger partial charge in [0.1, 0.15) is 0 Å². The average Bonchev–Trinajstić information content (AvgIpc) is 2.15. The molecule has 0 saturated carbocycles. The van der Waals surface area contributed by atoms with Gasteiger partial charge in [0.2, 0.25) is 0 Å². The summed E-state index contributed by atoms with van der Waals surface area (Å²) in [6.07, 6.45) is 2.75. The summed E-state index contributed by atoms with van der Waals surface area (Å²) in [6.45, 7) is 9.22. The molecule has 13 heavy (non-hydrogen) atoms. The summed E-state index contributed by atoms with van der Waals surface area (Å²) >= 11 is 0. The van der Waals surface area contributed by atoms with E-state index in [0.717, 1.165) is 25.0 Å². The minimum Gasteiger partial charge on any atom is -0.383 e. The number of piperidine rings is 1. The maximum atomic E-state index is 5.08. The molecule has 1 aliphatic rings. The van der Waals surface area contributed by atoms with Crippen molar-refractivity contribution in [1.82, 2.24) is 4.90 Å². The van der Waals surface area contributed by atoms with Crippen molar-refractivity contribution >= 4 is 0 Å². The molecule has 0 bridgehead atoms. The molecule has 2 nitrogen and oxygen atoms in total. The smallest absolute Gasteiger partial charge is 0.0589 e. The second-order valence-corrected chi connectivity index (χ2v) is 4.42. The standard InChI is InChI=1S/C11H23NO/c1-10(2)11-4-6-12(7-5-11)8-9-13-3/h10-11H,4-9H2,1-3H3. The molecule has 1 rings (SSSR count). The van der Waals surface area contributed by atoms with Crippen molar-refractivity contribution in [2.75, 3.05) is 33.4 Å². The van der Waals surface area contributed by atoms with Gasteiger partial charge in [0, 0.05) is 13.7 Å². The zero-order chi connectivity index (χ0) is 9.68. The van der Waals surface area contributed by atoms with E-state index in [1.165, 1.54) is 25.9 Å². The van der Waals surface area contributed by atoms with Crippen LogP contribution in [0.2, 0.25) is 0 Å². The van der Waals surface area contributed by atoms with E-state index < -0.39 is 0 Å². The Hall–Kier alpha value is -0.0800. The normalized spacial score (nSPS) is 21.2. The third kappa shape index (κ3) is 3.65. The molecule has 0 radical (unpaired) electrons. The van der Waals surface area contributed by atoms with Crippen LogP contribution in [0.3, 0.4) is 0 Å². The number of ether oxygens (including phenoxy) is 1. The number of rotatable bonds is 4. The van der Waals surface area contributed by atoms with Crippen LogP contribution in [0.25, 0.3) is 0 Å². The van der Waals surface area contributed by atoms with Gasteiger partial charge in [-0.1, -0.05) is 13.8 Å². The lowest BCUT2D eigenvalue weighted by Crippen LogP contribution is -2.37.